The van der Waals surface area contributed by atoms with Crippen LogP contribution >= 0.6 is 0 Å². The summed E-state index contributed by atoms with van der Waals surface area (Å²) in [7, 11) is 0. The third kappa shape index (κ3) is 3.73. The first-order chi connectivity index (χ1) is 13.3. The van der Waals surface area contributed by atoms with Gasteiger partial charge in [-0.2, -0.15) is 0 Å². The Morgan fingerprint density at radius 2 is 1.71 bits per heavy atom. The molecule has 4 rings (SSSR count). The number of carbonyl (C=O) groups excluding carboxylic acids is 2. The summed E-state index contributed by atoms with van der Waals surface area (Å²) >= 11 is 0. The number of ketones is 1. The standard InChI is InChI=1S/C22H27N3O3/c1-22(2,3)28-21(27)25-15-7-6-8-16(25)12-14(11-15)20(26)19-13-23-17-9-4-5-10-18(17)24-19/h4-5,9-10,13-16H,6-8,11-12H2,1-3H3. The van der Waals surface area contributed by atoms with E-state index in [4.69, 9.17) is 4.74 Å². The SMILES string of the molecule is CC(C)(C)OC(=O)N1C2CCCC1CC(C(=O)c1cnc3ccccc3n1)C2. The van der Waals surface area contributed by atoms with Crippen LogP contribution in [0.1, 0.15) is 63.4 Å². The van der Waals surface area contributed by atoms with Gasteiger partial charge < -0.3 is 9.64 Å². The van der Waals surface area contributed by atoms with Crippen LogP contribution < -0.4 is 0 Å². The van der Waals surface area contributed by atoms with Crippen molar-refractivity contribution in [3.8, 4) is 0 Å². The van der Waals surface area contributed by atoms with E-state index in [2.05, 4.69) is 9.97 Å². The molecule has 6 nitrogen and oxygen atoms in total. The molecule has 2 saturated heterocycles. The predicted molar refractivity (Wildman–Crippen MR) is 106 cm³/mol. The Kier molecular flexibility index (Phi) is 4.81. The van der Waals surface area contributed by atoms with Gasteiger partial charge in [-0.05, 0) is 65.0 Å². The molecule has 6 heteroatoms. The fourth-order valence-electron chi connectivity index (χ4n) is 4.49. The van der Waals surface area contributed by atoms with Gasteiger partial charge in [0, 0.05) is 18.0 Å². The van der Waals surface area contributed by atoms with E-state index in [9.17, 15) is 9.59 Å². The summed E-state index contributed by atoms with van der Waals surface area (Å²) in [6, 6.07) is 7.69. The molecule has 2 fully saturated rings. The van der Waals surface area contributed by atoms with Gasteiger partial charge in [0.1, 0.15) is 11.3 Å². The molecular formula is C22H27N3O3. The Morgan fingerprint density at radius 3 is 2.36 bits per heavy atom. The van der Waals surface area contributed by atoms with Gasteiger partial charge in [-0.1, -0.05) is 12.1 Å². The maximum atomic E-state index is 13.1. The summed E-state index contributed by atoms with van der Waals surface area (Å²) in [5, 5.41) is 0. The average Bonchev–Trinajstić information content (AvgIpc) is 2.64. The molecule has 2 aliphatic rings. The molecule has 0 spiro atoms. The maximum absolute atomic E-state index is 13.1. The Labute approximate surface area is 165 Å². The second-order valence-corrected chi connectivity index (χ2v) is 8.90. The minimum atomic E-state index is -0.515. The average molecular weight is 381 g/mol. The van der Waals surface area contributed by atoms with Crippen LogP contribution in [0, 0.1) is 5.92 Å². The van der Waals surface area contributed by atoms with Crippen molar-refractivity contribution in [1.29, 1.82) is 0 Å². The molecule has 2 aromatic rings. The molecule has 1 amide bonds. The molecule has 2 unspecified atom stereocenters. The second kappa shape index (κ2) is 7.15. The van der Waals surface area contributed by atoms with Gasteiger partial charge in [0.25, 0.3) is 0 Å². The quantitative estimate of drug-likeness (QED) is 0.722. The topological polar surface area (TPSA) is 72.4 Å². The number of para-hydroxylation sites is 2. The van der Waals surface area contributed by atoms with E-state index in [1.807, 2.05) is 49.9 Å². The monoisotopic (exact) mass is 381 g/mol. The summed E-state index contributed by atoms with van der Waals surface area (Å²) in [6.45, 7) is 5.65. The summed E-state index contributed by atoms with van der Waals surface area (Å²) < 4.78 is 5.62. The van der Waals surface area contributed by atoms with Crippen LogP contribution in [0.4, 0.5) is 4.79 Å². The molecule has 3 heterocycles. The zero-order valence-electron chi connectivity index (χ0n) is 16.7. The van der Waals surface area contributed by atoms with Gasteiger partial charge in [-0.3, -0.25) is 9.78 Å². The zero-order valence-corrected chi connectivity index (χ0v) is 16.7. The molecule has 0 saturated carbocycles. The van der Waals surface area contributed by atoms with Crippen molar-refractivity contribution in [1.82, 2.24) is 14.9 Å². The number of amides is 1. The molecule has 1 aromatic heterocycles. The number of benzene rings is 1. The van der Waals surface area contributed by atoms with Crippen molar-refractivity contribution < 1.29 is 14.3 Å². The Hall–Kier alpha value is -2.50. The van der Waals surface area contributed by atoms with E-state index in [1.165, 1.54) is 0 Å². The molecule has 148 valence electrons. The largest absolute Gasteiger partial charge is 0.444 e. The number of Topliss-reactive ketones (excluding diaryl/α,β-unsaturated/α-hetero) is 1. The molecule has 0 aliphatic carbocycles. The first-order valence-corrected chi connectivity index (χ1v) is 10.1. The molecule has 2 bridgehead atoms. The number of rotatable bonds is 2. The second-order valence-electron chi connectivity index (χ2n) is 8.90. The van der Waals surface area contributed by atoms with Crippen LogP contribution in [-0.2, 0) is 4.74 Å². The van der Waals surface area contributed by atoms with E-state index in [1.54, 1.807) is 6.20 Å². The highest BCUT2D eigenvalue weighted by molar-refractivity contribution is 5.97. The van der Waals surface area contributed by atoms with E-state index >= 15 is 0 Å². The van der Waals surface area contributed by atoms with Gasteiger partial charge in [-0.25, -0.2) is 9.78 Å². The highest BCUT2D eigenvalue weighted by atomic mass is 16.6. The van der Waals surface area contributed by atoms with Crippen LogP contribution in [-0.4, -0.2) is 44.4 Å². The van der Waals surface area contributed by atoms with Gasteiger partial charge in [-0.15, -0.1) is 0 Å². The summed E-state index contributed by atoms with van der Waals surface area (Å²) in [5.41, 5.74) is 1.43. The highest BCUT2D eigenvalue weighted by Crippen LogP contribution is 2.39. The first-order valence-electron chi connectivity index (χ1n) is 10.1. The number of hydrogen-bond acceptors (Lipinski definition) is 5. The van der Waals surface area contributed by atoms with E-state index < -0.39 is 5.60 Å². The maximum Gasteiger partial charge on any atom is 0.410 e. The fourth-order valence-corrected chi connectivity index (χ4v) is 4.49. The number of piperidine rings is 2. The van der Waals surface area contributed by atoms with Crippen LogP contribution in [0.5, 0.6) is 0 Å². The first kappa shape index (κ1) is 18.8. The number of fused-ring (bicyclic) bond motifs is 3. The van der Waals surface area contributed by atoms with Crippen LogP contribution in [0.3, 0.4) is 0 Å². The molecule has 1 aromatic carbocycles. The Bertz CT molecular complexity index is 891. The lowest BCUT2D eigenvalue weighted by Gasteiger charge is -2.48. The van der Waals surface area contributed by atoms with Crippen molar-refractivity contribution in [2.24, 2.45) is 5.92 Å². The summed E-state index contributed by atoms with van der Waals surface area (Å²) in [5.74, 6) is -0.0801. The van der Waals surface area contributed by atoms with Crippen LogP contribution in [0.15, 0.2) is 30.5 Å². The fraction of sp³-hybridized carbons (Fsp3) is 0.545. The van der Waals surface area contributed by atoms with Gasteiger partial charge >= 0.3 is 6.09 Å². The van der Waals surface area contributed by atoms with Crippen molar-refractivity contribution >= 4 is 22.9 Å². The number of aromatic nitrogens is 2. The van der Waals surface area contributed by atoms with Crippen molar-refractivity contribution in [3.63, 3.8) is 0 Å². The zero-order chi connectivity index (χ0) is 19.9. The van der Waals surface area contributed by atoms with Crippen molar-refractivity contribution in [2.45, 2.75) is 70.6 Å². The molecule has 0 radical (unpaired) electrons. The Morgan fingerprint density at radius 1 is 1.07 bits per heavy atom. The van der Waals surface area contributed by atoms with Crippen LogP contribution in [0.25, 0.3) is 11.0 Å². The van der Waals surface area contributed by atoms with Crippen molar-refractivity contribution in [2.75, 3.05) is 0 Å². The smallest absolute Gasteiger partial charge is 0.410 e. The molecule has 2 atom stereocenters. The normalized spacial score (nSPS) is 24.8. The lowest BCUT2D eigenvalue weighted by Crippen LogP contribution is -2.56. The summed E-state index contributed by atoms with van der Waals surface area (Å²) in [4.78, 5) is 36.7. The third-order valence-electron chi connectivity index (χ3n) is 5.65. The number of ether oxygens (including phenoxy) is 1. The van der Waals surface area contributed by atoms with Gasteiger partial charge in [0.15, 0.2) is 5.78 Å². The minimum Gasteiger partial charge on any atom is -0.444 e. The summed E-state index contributed by atoms with van der Waals surface area (Å²) in [6.07, 6.45) is 5.60. The lowest BCUT2D eigenvalue weighted by atomic mass is 9.76. The number of carbonyl (C=O) groups is 2. The number of nitrogens with zero attached hydrogens (tertiary/aromatic N) is 3. The van der Waals surface area contributed by atoms with Crippen molar-refractivity contribution in [3.05, 3.63) is 36.2 Å². The van der Waals surface area contributed by atoms with E-state index in [0.29, 0.717) is 18.5 Å². The third-order valence-corrected chi connectivity index (χ3v) is 5.65. The van der Waals surface area contributed by atoms with E-state index in [-0.39, 0.29) is 29.9 Å². The predicted octanol–water partition coefficient (Wildman–Crippen LogP) is 4.38. The molecule has 2 aliphatic heterocycles. The molecule has 0 N–H and O–H groups in total. The number of hydrogen-bond donors (Lipinski definition) is 0. The van der Waals surface area contributed by atoms with Gasteiger partial charge in [0.05, 0.1) is 17.2 Å². The van der Waals surface area contributed by atoms with Gasteiger partial charge in [0.2, 0.25) is 0 Å². The molecular weight excluding hydrogens is 354 g/mol. The minimum absolute atomic E-state index is 0.0407. The Balaban J connectivity index is 1.53. The molecule has 28 heavy (non-hydrogen) atoms. The lowest BCUT2D eigenvalue weighted by molar-refractivity contribution is -0.0261. The van der Waals surface area contributed by atoms with E-state index in [0.717, 1.165) is 30.3 Å². The highest BCUT2D eigenvalue weighted by Gasteiger charge is 2.44. The van der Waals surface area contributed by atoms with Crippen LogP contribution in [0.2, 0.25) is 0 Å².